The third kappa shape index (κ3) is 3.93. The van der Waals surface area contributed by atoms with Crippen LogP contribution in [0, 0.1) is 11.6 Å². The summed E-state index contributed by atoms with van der Waals surface area (Å²) in [6, 6.07) is 6.76. The van der Waals surface area contributed by atoms with E-state index >= 15 is 0 Å². The van der Waals surface area contributed by atoms with Crippen molar-refractivity contribution in [1.29, 1.82) is 0 Å². The summed E-state index contributed by atoms with van der Waals surface area (Å²) in [5.74, 6) is -2.67. The van der Waals surface area contributed by atoms with Crippen LogP contribution in [0.15, 0.2) is 47.5 Å². The summed E-state index contributed by atoms with van der Waals surface area (Å²) in [5.41, 5.74) is -3.75. The highest BCUT2D eigenvalue weighted by atomic mass is 32.2. The Balaban J connectivity index is 1.79. The van der Waals surface area contributed by atoms with Gasteiger partial charge < -0.3 is 10.3 Å². The molecule has 1 heterocycles. The average Bonchev–Trinajstić information content (AvgIpc) is 2.89. The number of fused-ring (bicyclic) bond motifs is 1. The molecule has 0 fully saturated rings. The van der Waals surface area contributed by atoms with Gasteiger partial charge in [-0.05, 0) is 42.1 Å². The van der Waals surface area contributed by atoms with E-state index in [0.29, 0.717) is 5.52 Å². The lowest BCUT2D eigenvalue weighted by Crippen LogP contribution is -2.11. The molecule has 0 radical (unpaired) electrons. The molecule has 0 atom stereocenters. The van der Waals surface area contributed by atoms with E-state index in [4.69, 9.17) is 0 Å². The molecule has 0 aliphatic heterocycles. The number of aromatic nitrogens is 1. The Morgan fingerprint density at radius 1 is 1.04 bits per heavy atom. The first-order valence-corrected chi connectivity index (χ1v) is 7.68. The highest BCUT2D eigenvalue weighted by molar-refractivity contribution is 8.00. The molecule has 25 heavy (non-hydrogen) atoms. The Morgan fingerprint density at radius 3 is 2.32 bits per heavy atom. The van der Waals surface area contributed by atoms with Gasteiger partial charge in [0.1, 0.15) is 0 Å². The number of carbonyl (C=O) groups is 1. The topological polar surface area (TPSA) is 44.9 Å². The molecule has 0 saturated carbocycles. The lowest BCUT2D eigenvalue weighted by atomic mass is 10.2. The third-order valence-electron chi connectivity index (χ3n) is 3.32. The average molecular weight is 372 g/mol. The molecule has 9 heteroatoms. The number of halogens is 5. The largest absolute Gasteiger partial charge is 0.446 e. The van der Waals surface area contributed by atoms with Gasteiger partial charge in [-0.2, -0.15) is 13.2 Å². The fraction of sp³-hybridized carbons (Fsp3) is 0.0625. The first-order valence-electron chi connectivity index (χ1n) is 6.86. The van der Waals surface area contributed by atoms with Gasteiger partial charge in [0.25, 0.3) is 5.91 Å². The van der Waals surface area contributed by atoms with Gasteiger partial charge in [-0.25, -0.2) is 8.78 Å². The number of aromatic amines is 1. The van der Waals surface area contributed by atoms with Crippen LogP contribution < -0.4 is 5.32 Å². The van der Waals surface area contributed by atoms with Crippen LogP contribution in [0.25, 0.3) is 10.9 Å². The molecule has 2 N–H and O–H groups in total. The molecule has 0 bridgehead atoms. The second-order valence-corrected chi connectivity index (χ2v) is 6.18. The predicted octanol–water partition coefficient (Wildman–Crippen LogP) is 5.31. The number of hydrogen-bond acceptors (Lipinski definition) is 2. The zero-order valence-corrected chi connectivity index (χ0v) is 13.1. The van der Waals surface area contributed by atoms with Crippen LogP contribution in [0.5, 0.6) is 0 Å². The molecule has 0 aliphatic carbocycles. The quantitative estimate of drug-likeness (QED) is 0.483. The molecule has 2 aromatic carbocycles. The Labute approximate surface area is 142 Å². The maximum atomic E-state index is 13.4. The normalized spacial score (nSPS) is 11.7. The van der Waals surface area contributed by atoms with Crippen molar-refractivity contribution in [2.45, 2.75) is 10.4 Å². The molecule has 130 valence electrons. The van der Waals surface area contributed by atoms with Crippen molar-refractivity contribution in [1.82, 2.24) is 4.98 Å². The molecule has 3 nitrogen and oxygen atoms in total. The highest BCUT2D eigenvalue weighted by Gasteiger charge is 2.29. The fourth-order valence-electron chi connectivity index (χ4n) is 2.22. The van der Waals surface area contributed by atoms with Crippen LogP contribution in [0.4, 0.5) is 27.6 Å². The summed E-state index contributed by atoms with van der Waals surface area (Å²) in [6.07, 6.45) is 1.37. The number of rotatable bonds is 3. The van der Waals surface area contributed by atoms with E-state index in [9.17, 15) is 26.7 Å². The summed E-state index contributed by atoms with van der Waals surface area (Å²) in [4.78, 5) is 14.8. The molecule has 0 aliphatic rings. The molecule has 0 saturated heterocycles. The minimum atomic E-state index is -4.41. The molecule has 3 rings (SSSR count). The Hall–Kier alpha value is -2.55. The van der Waals surface area contributed by atoms with Gasteiger partial charge >= 0.3 is 5.51 Å². The van der Waals surface area contributed by atoms with Crippen LogP contribution in [-0.4, -0.2) is 16.4 Å². The number of benzene rings is 2. The summed E-state index contributed by atoms with van der Waals surface area (Å²) >= 11 is -0.283. The lowest BCUT2D eigenvalue weighted by molar-refractivity contribution is -0.0328. The van der Waals surface area contributed by atoms with Crippen LogP contribution in [0.1, 0.15) is 10.4 Å². The van der Waals surface area contributed by atoms with Crippen molar-refractivity contribution < 1.29 is 26.7 Å². The SMILES string of the molecule is O=C(Nc1c[nH]c2cc(F)c(F)cc12)c1ccc(SC(F)(F)F)cc1. The van der Waals surface area contributed by atoms with E-state index < -0.39 is 23.0 Å². The number of nitrogens with one attached hydrogen (secondary N) is 2. The van der Waals surface area contributed by atoms with Gasteiger partial charge in [-0.3, -0.25) is 4.79 Å². The van der Waals surface area contributed by atoms with Gasteiger partial charge in [0.15, 0.2) is 11.6 Å². The van der Waals surface area contributed by atoms with E-state index in [1.165, 1.54) is 30.5 Å². The second kappa shape index (κ2) is 6.40. The molecule has 0 unspecified atom stereocenters. The zero-order chi connectivity index (χ0) is 18.2. The third-order valence-corrected chi connectivity index (χ3v) is 4.06. The van der Waals surface area contributed by atoms with Gasteiger partial charge in [0, 0.05) is 28.1 Å². The van der Waals surface area contributed by atoms with E-state index in [2.05, 4.69) is 10.3 Å². The Morgan fingerprint density at radius 2 is 1.68 bits per heavy atom. The van der Waals surface area contributed by atoms with Crippen molar-refractivity contribution in [3.63, 3.8) is 0 Å². The molecular weight excluding hydrogens is 363 g/mol. The minimum absolute atomic E-state index is 0.0475. The minimum Gasteiger partial charge on any atom is -0.359 e. The maximum absolute atomic E-state index is 13.4. The van der Waals surface area contributed by atoms with Gasteiger partial charge in [0.05, 0.1) is 11.2 Å². The first kappa shape index (κ1) is 17.3. The van der Waals surface area contributed by atoms with Crippen molar-refractivity contribution in [3.05, 3.63) is 59.8 Å². The van der Waals surface area contributed by atoms with Gasteiger partial charge in [-0.15, -0.1) is 0 Å². The molecular formula is C16H9F5N2OS. The van der Waals surface area contributed by atoms with E-state index in [1.807, 2.05) is 0 Å². The van der Waals surface area contributed by atoms with Crippen LogP contribution >= 0.6 is 11.8 Å². The first-order chi connectivity index (χ1) is 11.7. The summed E-state index contributed by atoms with van der Waals surface area (Å²) in [5, 5.41) is 2.78. The number of amides is 1. The number of carbonyl (C=O) groups excluding carboxylic acids is 1. The second-order valence-electron chi connectivity index (χ2n) is 5.04. The smallest absolute Gasteiger partial charge is 0.359 e. The van der Waals surface area contributed by atoms with Crippen LogP contribution in [0.2, 0.25) is 0 Å². The number of anilines is 1. The summed E-state index contributed by atoms with van der Waals surface area (Å²) < 4.78 is 63.4. The highest BCUT2D eigenvalue weighted by Crippen LogP contribution is 2.36. The summed E-state index contributed by atoms with van der Waals surface area (Å²) in [7, 11) is 0. The molecule has 0 spiro atoms. The monoisotopic (exact) mass is 372 g/mol. The predicted molar refractivity (Wildman–Crippen MR) is 84.5 cm³/mol. The Kier molecular flexibility index (Phi) is 4.42. The van der Waals surface area contributed by atoms with Crippen LogP contribution in [0.3, 0.4) is 0 Å². The van der Waals surface area contributed by atoms with Crippen molar-refractivity contribution in [2.75, 3.05) is 5.32 Å². The Bertz CT molecular complexity index is 934. The van der Waals surface area contributed by atoms with E-state index in [0.717, 1.165) is 12.1 Å². The van der Waals surface area contributed by atoms with Gasteiger partial charge in [-0.1, -0.05) is 0 Å². The summed E-state index contributed by atoms with van der Waals surface area (Å²) in [6.45, 7) is 0. The van der Waals surface area contributed by atoms with E-state index in [-0.39, 0.29) is 33.3 Å². The standard InChI is InChI=1S/C16H9F5N2OS/c17-11-5-10-13(6-12(11)18)22-7-14(10)23-15(24)8-1-3-9(4-2-8)25-16(19,20)21/h1-7,22H,(H,23,24). The number of H-pyrrole nitrogens is 1. The van der Waals surface area contributed by atoms with Crippen molar-refractivity contribution in [2.24, 2.45) is 0 Å². The van der Waals surface area contributed by atoms with Crippen molar-refractivity contribution >= 4 is 34.3 Å². The lowest BCUT2D eigenvalue weighted by Gasteiger charge is -2.07. The number of thioether (sulfide) groups is 1. The molecule has 1 amide bonds. The molecule has 1 aromatic heterocycles. The fourth-order valence-corrected chi connectivity index (χ4v) is 2.76. The van der Waals surface area contributed by atoms with E-state index in [1.54, 1.807) is 0 Å². The maximum Gasteiger partial charge on any atom is 0.446 e. The van der Waals surface area contributed by atoms with Gasteiger partial charge in [0.2, 0.25) is 0 Å². The molecule has 3 aromatic rings. The number of hydrogen-bond donors (Lipinski definition) is 2. The number of alkyl halides is 3. The van der Waals surface area contributed by atoms with Crippen LogP contribution in [-0.2, 0) is 0 Å². The zero-order valence-electron chi connectivity index (χ0n) is 12.2. The van der Waals surface area contributed by atoms with Crippen molar-refractivity contribution in [3.8, 4) is 0 Å².